The van der Waals surface area contributed by atoms with Gasteiger partial charge in [0.1, 0.15) is 0 Å². The number of hydrogen-bond donors (Lipinski definition) is 2. The highest BCUT2D eigenvalue weighted by molar-refractivity contribution is 14.0. The Bertz CT molecular complexity index is 617. The minimum atomic E-state index is 0. The number of hydrogen-bond acceptors (Lipinski definition) is 3. The molecule has 164 valence electrons. The fraction of sp³-hybridized carbons (Fsp3) is 0.636. The molecular formula is C22H38IN5O. The Morgan fingerprint density at radius 2 is 1.76 bits per heavy atom. The standard InChI is InChI=1S/C22H37N5O.HI/c1-5-18(3)25-21(28)12-13-24-22(23-4)27-16-14-26(15-17-27)20(6-2)19-10-8-7-9-11-19;/h7-11,18,20H,5-6,12-17H2,1-4H3,(H,23,24)(H,25,28);1H. The molecule has 0 aliphatic carbocycles. The highest BCUT2D eigenvalue weighted by Gasteiger charge is 2.25. The van der Waals surface area contributed by atoms with E-state index in [1.54, 1.807) is 0 Å². The van der Waals surface area contributed by atoms with E-state index in [4.69, 9.17) is 0 Å². The molecule has 1 fully saturated rings. The summed E-state index contributed by atoms with van der Waals surface area (Å²) in [5.41, 5.74) is 1.40. The fourth-order valence-electron chi connectivity index (χ4n) is 3.69. The van der Waals surface area contributed by atoms with E-state index in [2.05, 4.69) is 69.6 Å². The molecule has 1 amide bonds. The van der Waals surface area contributed by atoms with Crippen LogP contribution in [-0.4, -0.2) is 67.5 Å². The van der Waals surface area contributed by atoms with Gasteiger partial charge in [0.15, 0.2) is 5.96 Å². The van der Waals surface area contributed by atoms with Crippen molar-refractivity contribution in [2.45, 2.75) is 52.1 Å². The highest BCUT2D eigenvalue weighted by Crippen LogP contribution is 2.25. The SMILES string of the molecule is CCC(C)NC(=O)CCNC(=NC)N1CCN(C(CC)c2ccccc2)CC1.I. The summed E-state index contributed by atoms with van der Waals surface area (Å²) in [6.45, 7) is 10.9. The minimum absolute atomic E-state index is 0. The molecule has 2 N–H and O–H groups in total. The first-order valence-electron chi connectivity index (χ1n) is 10.6. The number of benzene rings is 1. The average Bonchev–Trinajstić information content (AvgIpc) is 2.73. The maximum atomic E-state index is 11.9. The Balaban J connectivity index is 0.00000420. The second-order valence-electron chi connectivity index (χ2n) is 7.46. The van der Waals surface area contributed by atoms with Crippen LogP contribution in [0, 0.1) is 0 Å². The van der Waals surface area contributed by atoms with E-state index in [9.17, 15) is 4.79 Å². The summed E-state index contributed by atoms with van der Waals surface area (Å²) in [6.07, 6.45) is 2.53. The second-order valence-corrected chi connectivity index (χ2v) is 7.46. The normalized spacial score (nSPS) is 17.2. The van der Waals surface area contributed by atoms with Gasteiger partial charge in [0.05, 0.1) is 0 Å². The van der Waals surface area contributed by atoms with Crippen LogP contribution in [0.3, 0.4) is 0 Å². The maximum Gasteiger partial charge on any atom is 0.221 e. The maximum absolute atomic E-state index is 11.9. The summed E-state index contributed by atoms with van der Waals surface area (Å²) < 4.78 is 0. The number of piperazine rings is 1. The third-order valence-electron chi connectivity index (χ3n) is 5.49. The van der Waals surface area contributed by atoms with Gasteiger partial charge >= 0.3 is 0 Å². The van der Waals surface area contributed by atoms with Crippen molar-refractivity contribution in [3.63, 3.8) is 0 Å². The quantitative estimate of drug-likeness (QED) is 0.317. The highest BCUT2D eigenvalue weighted by atomic mass is 127. The molecule has 2 rings (SSSR count). The van der Waals surface area contributed by atoms with Crippen molar-refractivity contribution in [2.24, 2.45) is 4.99 Å². The molecule has 0 bridgehead atoms. The van der Waals surface area contributed by atoms with E-state index in [0.29, 0.717) is 19.0 Å². The zero-order valence-corrected chi connectivity index (χ0v) is 20.7. The number of amides is 1. The second kappa shape index (κ2) is 13.8. The molecule has 6 nitrogen and oxygen atoms in total. The number of nitrogens with zero attached hydrogens (tertiary/aromatic N) is 3. The van der Waals surface area contributed by atoms with Crippen LogP contribution in [0.15, 0.2) is 35.3 Å². The molecule has 1 aliphatic rings. The molecule has 1 aromatic rings. The Morgan fingerprint density at radius 3 is 2.31 bits per heavy atom. The van der Waals surface area contributed by atoms with Crippen LogP contribution in [-0.2, 0) is 4.79 Å². The van der Waals surface area contributed by atoms with E-state index in [0.717, 1.165) is 45.0 Å². The summed E-state index contributed by atoms with van der Waals surface area (Å²) in [5, 5.41) is 6.35. The van der Waals surface area contributed by atoms with Crippen LogP contribution in [0.5, 0.6) is 0 Å². The van der Waals surface area contributed by atoms with Gasteiger partial charge in [-0.3, -0.25) is 14.7 Å². The van der Waals surface area contributed by atoms with Crippen molar-refractivity contribution in [3.05, 3.63) is 35.9 Å². The minimum Gasteiger partial charge on any atom is -0.356 e. The summed E-state index contributed by atoms with van der Waals surface area (Å²) in [7, 11) is 1.81. The van der Waals surface area contributed by atoms with Crippen LogP contribution in [0.25, 0.3) is 0 Å². The van der Waals surface area contributed by atoms with Crippen LogP contribution >= 0.6 is 24.0 Å². The lowest BCUT2D eigenvalue weighted by Crippen LogP contribution is -2.53. The number of rotatable bonds is 8. The van der Waals surface area contributed by atoms with Crippen LogP contribution in [0.2, 0.25) is 0 Å². The summed E-state index contributed by atoms with van der Waals surface area (Å²) in [6, 6.07) is 11.5. The van der Waals surface area contributed by atoms with Gasteiger partial charge in [-0.2, -0.15) is 0 Å². The number of halogens is 1. The molecule has 1 heterocycles. The van der Waals surface area contributed by atoms with E-state index in [1.807, 2.05) is 14.0 Å². The Hall–Kier alpha value is -1.35. The van der Waals surface area contributed by atoms with Gasteiger partial charge < -0.3 is 15.5 Å². The fourth-order valence-corrected chi connectivity index (χ4v) is 3.69. The average molecular weight is 515 g/mol. The number of nitrogens with one attached hydrogen (secondary N) is 2. The zero-order valence-electron chi connectivity index (χ0n) is 18.4. The molecule has 7 heteroatoms. The predicted molar refractivity (Wildman–Crippen MR) is 132 cm³/mol. The molecule has 29 heavy (non-hydrogen) atoms. The van der Waals surface area contributed by atoms with E-state index < -0.39 is 0 Å². The van der Waals surface area contributed by atoms with E-state index in [1.165, 1.54) is 5.56 Å². The van der Waals surface area contributed by atoms with Crippen molar-refractivity contribution in [1.82, 2.24) is 20.4 Å². The molecule has 2 atom stereocenters. The first-order valence-corrected chi connectivity index (χ1v) is 10.6. The first-order chi connectivity index (χ1) is 13.6. The molecular weight excluding hydrogens is 477 g/mol. The monoisotopic (exact) mass is 515 g/mol. The lowest BCUT2D eigenvalue weighted by atomic mass is 10.0. The molecule has 2 unspecified atom stereocenters. The Morgan fingerprint density at radius 1 is 1.10 bits per heavy atom. The van der Waals surface area contributed by atoms with Gasteiger partial charge in [-0.1, -0.05) is 44.2 Å². The van der Waals surface area contributed by atoms with Gasteiger partial charge in [0, 0.05) is 58.3 Å². The molecule has 1 saturated heterocycles. The molecule has 0 spiro atoms. The molecule has 1 aliphatic heterocycles. The Kier molecular flexibility index (Phi) is 12.2. The van der Waals surface area contributed by atoms with Gasteiger partial charge in [-0.05, 0) is 25.3 Å². The van der Waals surface area contributed by atoms with Crippen molar-refractivity contribution < 1.29 is 4.79 Å². The smallest absolute Gasteiger partial charge is 0.221 e. The van der Waals surface area contributed by atoms with Gasteiger partial charge in [0.25, 0.3) is 0 Å². The van der Waals surface area contributed by atoms with Crippen LogP contribution in [0.4, 0.5) is 0 Å². The molecule has 0 aromatic heterocycles. The summed E-state index contributed by atoms with van der Waals surface area (Å²) >= 11 is 0. The largest absolute Gasteiger partial charge is 0.356 e. The summed E-state index contributed by atoms with van der Waals surface area (Å²) in [4.78, 5) is 21.2. The molecule has 0 radical (unpaired) electrons. The van der Waals surface area contributed by atoms with E-state index >= 15 is 0 Å². The third kappa shape index (κ3) is 8.12. The number of carbonyl (C=O) groups is 1. The van der Waals surface area contributed by atoms with Crippen molar-refractivity contribution in [1.29, 1.82) is 0 Å². The van der Waals surface area contributed by atoms with Crippen LogP contribution < -0.4 is 10.6 Å². The molecule has 1 aromatic carbocycles. The third-order valence-corrected chi connectivity index (χ3v) is 5.49. The number of aliphatic imine (C=N–C) groups is 1. The lowest BCUT2D eigenvalue weighted by Gasteiger charge is -2.40. The predicted octanol–water partition coefficient (Wildman–Crippen LogP) is 3.25. The van der Waals surface area contributed by atoms with Crippen LogP contribution in [0.1, 0.15) is 51.6 Å². The van der Waals surface area contributed by atoms with Gasteiger partial charge in [-0.25, -0.2) is 0 Å². The van der Waals surface area contributed by atoms with Gasteiger partial charge in [-0.15, -0.1) is 24.0 Å². The van der Waals surface area contributed by atoms with Gasteiger partial charge in [0.2, 0.25) is 5.91 Å². The van der Waals surface area contributed by atoms with Crippen molar-refractivity contribution in [3.8, 4) is 0 Å². The topological polar surface area (TPSA) is 60.0 Å². The first kappa shape index (κ1) is 25.7. The van der Waals surface area contributed by atoms with E-state index in [-0.39, 0.29) is 35.9 Å². The summed E-state index contributed by atoms with van der Waals surface area (Å²) in [5.74, 6) is 0.986. The molecule has 0 saturated carbocycles. The number of carbonyl (C=O) groups excluding carboxylic acids is 1. The van der Waals surface area contributed by atoms with Crippen molar-refractivity contribution >= 4 is 35.8 Å². The lowest BCUT2D eigenvalue weighted by molar-refractivity contribution is -0.121. The number of guanidine groups is 1. The zero-order chi connectivity index (χ0) is 20.4. The van der Waals surface area contributed by atoms with Crippen molar-refractivity contribution in [2.75, 3.05) is 39.8 Å². The Labute approximate surface area is 193 Å².